The van der Waals surface area contributed by atoms with Crippen LogP contribution in [0.2, 0.25) is 20.1 Å². The molecule has 1 aromatic rings. The molecule has 2 nitrogen and oxygen atoms in total. The van der Waals surface area contributed by atoms with E-state index < -0.39 is 5.97 Å². The highest BCUT2D eigenvalue weighted by Gasteiger charge is 2.17. The van der Waals surface area contributed by atoms with Crippen LogP contribution < -0.4 is 4.74 Å². The Labute approximate surface area is 127 Å². The molecule has 17 heavy (non-hydrogen) atoms. The fourth-order valence-electron chi connectivity index (χ4n) is 1.02. The lowest BCUT2D eigenvalue weighted by atomic mass is 10.3. The Bertz CT molecular complexity index is 437. The van der Waals surface area contributed by atoms with Crippen molar-refractivity contribution >= 4 is 68.3 Å². The summed E-state index contributed by atoms with van der Waals surface area (Å²) in [6.45, 7) is 0. The van der Waals surface area contributed by atoms with Crippen LogP contribution in [0.5, 0.6) is 5.75 Å². The number of halogens is 5. The zero-order valence-corrected chi connectivity index (χ0v) is 13.0. The Morgan fingerprint density at radius 3 is 2.41 bits per heavy atom. The van der Waals surface area contributed by atoms with Crippen LogP contribution in [0, 0.1) is 0 Å². The van der Waals surface area contributed by atoms with E-state index in [0.29, 0.717) is 11.8 Å². The van der Waals surface area contributed by atoms with Crippen LogP contribution in [-0.4, -0.2) is 11.3 Å². The number of carbonyl (C=O) groups excluding carboxylic acids is 1. The summed E-state index contributed by atoms with van der Waals surface area (Å²) in [6.07, 6.45) is 0.924. The third-order valence-electron chi connectivity index (χ3n) is 1.80. The van der Waals surface area contributed by atoms with Crippen molar-refractivity contribution in [1.29, 1.82) is 0 Å². The van der Waals surface area contributed by atoms with E-state index in [-0.39, 0.29) is 32.3 Å². The van der Waals surface area contributed by atoms with Gasteiger partial charge in [0.05, 0.1) is 15.1 Å². The summed E-state index contributed by atoms with van der Waals surface area (Å²) in [5.74, 6) is -0.381. The van der Waals surface area contributed by atoms with Gasteiger partial charge in [-0.3, -0.25) is 4.79 Å². The average molecular weight is 381 g/mol. The second-order valence-corrected chi connectivity index (χ2v) is 5.43. The number of hydrogen-bond acceptors (Lipinski definition) is 2. The smallest absolute Gasteiger partial charge is 0.311 e. The number of benzene rings is 1. The first-order chi connectivity index (χ1) is 7.97. The molecule has 0 saturated heterocycles. The number of ether oxygens (including phenoxy) is 1. The average Bonchev–Trinajstić information content (AvgIpc) is 2.29. The van der Waals surface area contributed by atoms with Crippen LogP contribution in [0.15, 0.2) is 6.07 Å². The van der Waals surface area contributed by atoms with Gasteiger partial charge in [-0.15, -0.1) is 0 Å². The van der Waals surface area contributed by atoms with E-state index in [2.05, 4.69) is 15.9 Å². The van der Waals surface area contributed by atoms with Gasteiger partial charge in [-0.2, -0.15) is 0 Å². The van der Waals surface area contributed by atoms with Gasteiger partial charge >= 0.3 is 5.97 Å². The van der Waals surface area contributed by atoms with E-state index in [0.717, 1.165) is 0 Å². The van der Waals surface area contributed by atoms with Crippen molar-refractivity contribution in [3.05, 3.63) is 26.2 Å². The lowest BCUT2D eigenvalue weighted by Gasteiger charge is -2.10. The maximum atomic E-state index is 11.4. The highest BCUT2D eigenvalue weighted by Crippen LogP contribution is 2.42. The van der Waals surface area contributed by atoms with Crippen LogP contribution in [-0.2, 0) is 4.79 Å². The van der Waals surface area contributed by atoms with Crippen molar-refractivity contribution in [3.63, 3.8) is 0 Å². The molecule has 0 N–H and O–H groups in total. The standard InChI is InChI=1S/C10H7BrCl4O2/c11-3-1-2-7(16)17-10-6(13)4-5(12)8(14)9(10)15/h4H,1-3H2. The zero-order chi connectivity index (χ0) is 13.0. The van der Waals surface area contributed by atoms with Crippen molar-refractivity contribution in [2.24, 2.45) is 0 Å². The molecule has 0 aliphatic carbocycles. The molecule has 0 aliphatic heterocycles. The van der Waals surface area contributed by atoms with Gasteiger partial charge in [-0.1, -0.05) is 62.3 Å². The summed E-state index contributed by atoms with van der Waals surface area (Å²) >= 11 is 26.6. The van der Waals surface area contributed by atoms with Gasteiger partial charge in [0.1, 0.15) is 5.02 Å². The summed E-state index contributed by atoms with van der Waals surface area (Å²) in [6, 6.07) is 1.38. The number of rotatable bonds is 4. The number of carbonyl (C=O) groups is 1. The van der Waals surface area contributed by atoms with Gasteiger partial charge in [0, 0.05) is 11.8 Å². The van der Waals surface area contributed by atoms with Crippen LogP contribution in [0.4, 0.5) is 0 Å². The summed E-state index contributed by atoms with van der Waals surface area (Å²) in [4.78, 5) is 11.4. The highest BCUT2D eigenvalue weighted by atomic mass is 79.9. The first kappa shape index (κ1) is 15.4. The Kier molecular flexibility index (Phi) is 6.38. The van der Waals surface area contributed by atoms with Crippen LogP contribution >= 0.6 is 62.3 Å². The minimum Gasteiger partial charge on any atom is -0.423 e. The molecule has 1 aromatic carbocycles. The van der Waals surface area contributed by atoms with Gasteiger partial charge in [-0.25, -0.2) is 0 Å². The fourth-order valence-corrected chi connectivity index (χ4v) is 2.28. The Balaban J connectivity index is 2.91. The second kappa shape index (κ2) is 7.05. The molecule has 1 rings (SSSR count). The predicted octanol–water partition coefficient (Wildman–Crippen LogP) is 5.38. The largest absolute Gasteiger partial charge is 0.423 e. The van der Waals surface area contributed by atoms with Crippen LogP contribution in [0.1, 0.15) is 12.8 Å². The SMILES string of the molecule is O=C(CCCBr)Oc1c(Cl)cc(Cl)c(Cl)c1Cl. The van der Waals surface area contributed by atoms with Gasteiger partial charge in [-0.05, 0) is 12.5 Å². The number of alkyl halides is 1. The quantitative estimate of drug-likeness (QED) is 0.230. The van der Waals surface area contributed by atoms with E-state index in [1.165, 1.54) is 6.07 Å². The van der Waals surface area contributed by atoms with Crippen molar-refractivity contribution in [3.8, 4) is 5.75 Å². The maximum Gasteiger partial charge on any atom is 0.311 e. The summed E-state index contributed by atoms with van der Waals surface area (Å²) in [7, 11) is 0. The molecule has 0 aliphatic rings. The lowest BCUT2D eigenvalue weighted by molar-refractivity contribution is -0.134. The van der Waals surface area contributed by atoms with E-state index >= 15 is 0 Å². The topological polar surface area (TPSA) is 26.3 Å². The number of hydrogen-bond donors (Lipinski definition) is 0. The first-order valence-corrected chi connectivity index (χ1v) is 7.20. The highest BCUT2D eigenvalue weighted by molar-refractivity contribution is 9.09. The van der Waals surface area contributed by atoms with Crippen LogP contribution in [0.25, 0.3) is 0 Å². The second-order valence-electron chi connectivity index (χ2n) is 3.06. The van der Waals surface area contributed by atoms with Gasteiger partial charge < -0.3 is 4.74 Å². The Morgan fingerprint density at radius 1 is 1.18 bits per heavy atom. The summed E-state index contributed by atoms with van der Waals surface area (Å²) in [5.41, 5.74) is 0. The molecule has 0 saturated carbocycles. The van der Waals surface area contributed by atoms with Crippen molar-refractivity contribution < 1.29 is 9.53 Å². The molecule has 0 fully saturated rings. The molecule has 0 amide bonds. The molecule has 0 unspecified atom stereocenters. The summed E-state index contributed by atoms with van der Waals surface area (Å²) in [5, 5.41) is 1.22. The van der Waals surface area contributed by atoms with Gasteiger partial charge in [0.15, 0.2) is 5.75 Å². The fraction of sp³-hybridized carbons (Fsp3) is 0.300. The molecule has 94 valence electrons. The van der Waals surface area contributed by atoms with Crippen molar-refractivity contribution in [2.75, 3.05) is 5.33 Å². The minimum atomic E-state index is -0.424. The molecule has 0 bridgehead atoms. The van der Waals surface area contributed by atoms with Gasteiger partial charge in [0.2, 0.25) is 0 Å². The number of esters is 1. The molecule has 0 spiro atoms. The lowest BCUT2D eigenvalue weighted by Crippen LogP contribution is -2.08. The molecular weight excluding hydrogens is 374 g/mol. The summed E-state index contributed by atoms with van der Waals surface area (Å²) < 4.78 is 5.05. The van der Waals surface area contributed by atoms with E-state index in [9.17, 15) is 4.79 Å². The maximum absolute atomic E-state index is 11.4. The molecule has 0 radical (unpaired) electrons. The Morgan fingerprint density at radius 2 is 1.82 bits per heavy atom. The third kappa shape index (κ3) is 4.18. The normalized spacial score (nSPS) is 10.4. The van der Waals surface area contributed by atoms with E-state index in [1.807, 2.05) is 0 Å². The molecule has 0 heterocycles. The monoisotopic (exact) mass is 378 g/mol. The van der Waals surface area contributed by atoms with Gasteiger partial charge in [0.25, 0.3) is 0 Å². The molecule has 0 atom stereocenters. The molecule has 0 aromatic heterocycles. The van der Waals surface area contributed by atoms with Crippen molar-refractivity contribution in [1.82, 2.24) is 0 Å². The first-order valence-electron chi connectivity index (χ1n) is 4.57. The zero-order valence-electron chi connectivity index (χ0n) is 8.40. The Hall–Kier alpha value is 0.330. The van der Waals surface area contributed by atoms with Crippen molar-refractivity contribution in [2.45, 2.75) is 12.8 Å². The van der Waals surface area contributed by atoms with E-state index in [1.54, 1.807) is 0 Å². The minimum absolute atomic E-state index is 0.0383. The van der Waals surface area contributed by atoms with E-state index in [4.69, 9.17) is 51.1 Å². The molecule has 7 heteroatoms. The predicted molar refractivity (Wildman–Crippen MR) is 75.1 cm³/mol. The third-order valence-corrected chi connectivity index (χ3v) is 3.89. The molecular formula is C10H7BrCl4O2. The van der Waals surface area contributed by atoms with Crippen LogP contribution in [0.3, 0.4) is 0 Å².